The van der Waals surface area contributed by atoms with E-state index in [1.54, 1.807) is 17.4 Å². The van der Waals surface area contributed by atoms with Crippen LogP contribution in [0.5, 0.6) is 5.75 Å². The van der Waals surface area contributed by atoms with E-state index in [1.165, 1.54) is 11.3 Å². The Hall–Kier alpha value is -2.86. The van der Waals surface area contributed by atoms with Crippen LogP contribution in [0.4, 0.5) is 10.8 Å². The van der Waals surface area contributed by atoms with Gasteiger partial charge in [0.15, 0.2) is 5.13 Å². The first kappa shape index (κ1) is 17.9. The van der Waals surface area contributed by atoms with Gasteiger partial charge < -0.3 is 15.0 Å². The third-order valence-electron chi connectivity index (χ3n) is 3.95. The molecule has 1 heterocycles. The second kappa shape index (κ2) is 8.49. The van der Waals surface area contributed by atoms with Crippen LogP contribution in [0.3, 0.4) is 0 Å². The van der Waals surface area contributed by atoms with E-state index in [0.717, 1.165) is 17.0 Å². The summed E-state index contributed by atoms with van der Waals surface area (Å²) < 4.78 is 5.15. The van der Waals surface area contributed by atoms with Gasteiger partial charge in [0.05, 0.1) is 7.11 Å². The Morgan fingerprint density at radius 2 is 1.88 bits per heavy atom. The highest BCUT2D eigenvalue weighted by atomic mass is 32.1. The highest BCUT2D eigenvalue weighted by Crippen LogP contribution is 2.23. The number of methoxy groups -OCH3 is 1. The number of benzene rings is 2. The van der Waals surface area contributed by atoms with Crippen molar-refractivity contribution in [1.29, 1.82) is 0 Å². The lowest BCUT2D eigenvalue weighted by Crippen LogP contribution is -2.30. The van der Waals surface area contributed by atoms with Gasteiger partial charge >= 0.3 is 0 Å². The highest BCUT2D eigenvalue weighted by Gasteiger charge is 2.18. The maximum atomic E-state index is 12.8. The summed E-state index contributed by atoms with van der Waals surface area (Å²) in [5.74, 6) is 0.737. The summed E-state index contributed by atoms with van der Waals surface area (Å²) in [7, 11) is 1.63. The molecule has 0 aliphatic carbocycles. The van der Waals surface area contributed by atoms with Crippen molar-refractivity contribution in [2.75, 3.05) is 19.0 Å². The quantitative estimate of drug-likeness (QED) is 0.665. The average molecular weight is 367 g/mol. The van der Waals surface area contributed by atoms with Gasteiger partial charge in [-0.05, 0) is 36.8 Å². The minimum absolute atomic E-state index is 0.0598. The first-order valence-electron chi connectivity index (χ1n) is 8.39. The minimum atomic E-state index is -0.0598. The van der Waals surface area contributed by atoms with Crippen LogP contribution >= 0.6 is 11.3 Å². The second-order valence-corrected chi connectivity index (χ2v) is 6.55. The van der Waals surface area contributed by atoms with Crippen LogP contribution in [-0.2, 0) is 6.54 Å². The summed E-state index contributed by atoms with van der Waals surface area (Å²) in [6.07, 6.45) is 0. The molecule has 0 aliphatic rings. The maximum absolute atomic E-state index is 12.8. The number of aromatic nitrogens is 1. The fourth-order valence-corrected chi connectivity index (χ4v) is 3.22. The van der Waals surface area contributed by atoms with Crippen LogP contribution in [0.2, 0.25) is 0 Å². The molecule has 3 aromatic rings. The van der Waals surface area contributed by atoms with Crippen molar-refractivity contribution in [2.45, 2.75) is 13.5 Å². The number of nitrogens with zero attached hydrogens (tertiary/aromatic N) is 2. The highest BCUT2D eigenvalue weighted by molar-refractivity contribution is 7.14. The summed E-state index contributed by atoms with van der Waals surface area (Å²) in [5, 5.41) is 5.70. The van der Waals surface area contributed by atoms with E-state index in [9.17, 15) is 4.79 Å². The summed E-state index contributed by atoms with van der Waals surface area (Å²) in [4.78, 5) is 19.0. The van der Waals surface area contributed by atoms with Gasteiger partial charge in [-0.2, -0.15) is 0 Å². The van der Waals surface area contributed by atoms with Gasteiger partial charge in [-0.15, -0.1) is 11.3 Å². The molecule has 6 heteroatoms. The number of anilines is 2. The van der Waals surface area contributed by atoms with Gasteiger partial charge in [0.2, 0.25) is 0 Å². The molecule has 134 valence electrons. The zero-order chi connectivity index (χ0) is 18.4. The molecule has 0 atom stereocenters. The molecule has 0 bridgehead atoms. The number of amides is 1. The Balaban J connectivity index is 1.67. The van der Waals surface area contributed by atoms with Crippen molar-refractivity contribution in [3.63, 3.8) is 0 Å². The van der Waals surface area contributed by atoms with E-state index in [0.29, 0.717) is 23.9 Å². The lowest BCUT2D eigenvalue weighted by molar-refractivity contribution is 0.0747. The molecule has 5 nitrogen and oxygen atoms in total. The van der Waals surface area contributed by atoms with Crippen LogP contribution in [0.1, 0.15) is 23.0 Å². The molecule has 1 aromatic heterocycles. The number of rotatable bonds is 7. The summed E-state index contributed by atoms with van der Waals surface area (Å²) in [6, 6.07) is 17.5. The number of hydrogen-bond acceptors (Lipinski definition) is 5. The molecule has 1 N–H and O–H groups in total. The molecule has 2 aromatic carbocycles. The van der Waals surface area contributed by atoms with Crippen LogP contribution < -0.4 is 10.1 Å². The van der Waals surface area contributed by atoms with Crippen LogP contribution in [0.25, 0.3) is 0 Å². The molecule has 3 rings (SSSR count). The predicted octanol–water partition coefficient (Wildman–Crippen LogP) is 4.56. The van der Waals surface area contributed by atoms with Crippen molar-refractivity contribution >= 4 is 28.1 Å². The van der Waals surface area contributed by atoms with Crippen molar-refractivity contribution in [3.05, 3.63) is 71.2 Å². The van der Waals surface area contributed by atoms with E-state index >= 15 is 0 Å². The molecule has 0 unspecified atom stereocenters. The normalized spacial score (nSPS) is 10.4. The molecule has 0 aliphatic heterocycles. The van der Waals surface area contributed by atoms with Crippen LogP contribution in [0.15, 0.2) is 60.0 Å². The smallest absolute Gasteiger partial charge is 0.273 e. The van der Waals surface area contributed by atoms with Crippen molar-refractivity contribution in [1.82, 2.24) is 9.88 Å². The van der Waals surface area contributed by atoms with Crippen LogP contribution in [-0.4, -0.2) is 29.4 Å². The van der Waals surface area contributed by atoms with E-state index < -0.39 is 0 Å². The van der Waals surface area contributed by atoms with Gasteiger partial charge in [-0.3, -0.25) is 4.79 Å². The maximum Gasteiger partial charge on any atom is 0.273 e. The Morgan fingerprint density at radius 3 is 2.54 bits per heavy atom. The number of ether oxygens (including phenoxy) is 1. The van der Waals surface area contributed by atoms with E-state index in [4.69, 9.17) is 4.74 Å². The van der Waals surface area contributed by atoms with Gasteiger partial charge in [0.25, 0.3) is 5.91 Å². The van der Waals surface area contributed by atoms with Crippen molar-refractivity contribution in [3.8, 4) is 5.75 Å². The number of nitrogens with one attached hydrogen (secondary N) is 1. The largest absolute Gasteiger partial charge is 0.497 e. The number of hydrogen-bond donors (Lipinski definition) is 1. The fourth-order valence-electron chi connectivity index (χ4n) is 2.52. The number of carbonyl (C=O) groups excluding carboxylic acids is 1. The SMILES string of the molecule is CCN(Cc1ccccc1)C(=O)c1csc(Nc2ccc(OC)cc2)n1. The van der Waals surface area contributed by atoms with Crippen molar-refractivity contribution < 1.29 is 9.53 Å². The number of thiazole rings is 1. The Bertz CT molecular complexity index is 847. The lowest BCUT2D eigenvalue weighted by Gasteiger charge is -2.19. The summed E-state index contributed by atoms with van der Waals surface area (Å²) >= 11 is 1.42. The molecular formula is C20H21N3O2S. The van der Waals surface area contributed by atoms with Gasteiger partial charge in [0.1, 0.15) is 11.4 Å². The lowest BCUT2D eigenvalue weighted by atomic mass is 10.2. The third kappa shape index (κ3) is 4.40. The van der Waals surface area contributed by atoms with E-state index in [-0.39, 0.29) is 5.91 Å². The molecular weight excluding hydrogens is 346 g/mol. The standard InChI is InChI=1S/C20H21N3O2S/c1-3-23(13-15-7-5-4-6-8-15)19(24)18-14-26-20(22-18)21-16-9-11-17(25-2)12-10-16/h4-12,14H,3,13H2,1-2H3,(H,21,22). The van der Waals surface area contributed by atoms with E-state index in [1.807, 2.05) is 61.5 Å². The monoisotopic (exact) mass is 367 g/mol. The Morgan fingerprint density at radius 1 is 1.15 bits per heavy atom. The minimum Gasteiger partial charge on any atom is -0.497 e. The van der Waals surface area contributed by atoms with Gasteiger partial charge in [0, 0.05) is 24.2 Å². The van der Waals surface area contributed by atoms with Gasteiger partial charge in [-0.25, -0.2) is 4.98 Å². The zero-order valence-corrected chi connectivity index (χ0v) is 15.6. The Kier molecular flexibility index (Phi) is 5.86. The molecule has 0 radical (unpaired) electrons. The molecule has 0 saturated heterocycles. The van der Waals surface area contributed by atoms with Gasteiger partial charge in [-0.1, -0.05) is 30.3 Å². The zero-order valence-electron chi connectivity index (χ0n) is 14.8. The summed E-state index contributed by atoms with van der Waals surface area (Å²) in [5.41, 5.74) is 2.47. The second-order valence-electron chi connectivity index (χ2n) is 5.70. The first-order valence-corrected chi connectivity index (χ1v) is 9.27. The Labute approximate surface area is 157 Å². The summed E-state index contributed by atoms with van der Waals surface area (Å²) in [6.45, 7) is 3.19. The molecule has 0 saturated carbocycles. The average Bonchev–Trinajstić information content (AvgIpc) is 3.15. The van der Waals surface area contributed by atoms with Crippen molar-refractivity contribution in [2.24, 2.45) is 0 Å². The molecule has 1 amide bonds. The molecule has 0 spiro atoms. The topological polar surface area (TPSA) is 54.5 Å². The number of carbonyl (C=O) groups is 1. The molecule has 0 fully saturated rings. The third-order valence-corrected chi connectivity index (χ3v) is 4.71. The first-order chi connectivity index (χ1) is 12.7. The molecule has 26 heavy (non-hydrogen) atoms. The van der Waals surface area contributed by atoms with Crippen LogP contribution in [0, 0.1) is 0 Å². The fraction of sp³-hybridized carbons (Fsp3) is 0.200. The predicted molar refractivity (Wildman–Crippen MR) is 105 cm³/mol. The van der Waals surface area contributed by atoms with E-state index in [2.05, 4.69) is 10.3 Å².